The molecule has 2 N–H and O–H groups in total. The molecule has 0 saturated carbocycles. The van der Waals surface area contributed by atoms with Crippen LogP contribution in [0.15, 0.2) is 65.6 Å². The summed E-state index contributed by atoms with van der Waals surface area (Å²) in [6.07, 6.45) is -4.47. The van der Waals surface area contributed by atoms with E-state index in [0.29, 0.717) is 0 Å². The second-order valence-corrected chi connectivity index (χ2v) is 21.4. The van der Waals surface area contributed by atoms with Crippen LogP contribution >= 0.6 is 0 Å². The second kappa shape index (κ2) is 12.8. The van der Waals surface area contributed by atoms with E-state index in [4.69, 9.17) is 18.3 Å². The van der Waals surface area contributed by atoms with Crippen molar-refractivity contribution in [3.8, 4) is 0 Å². The minimum Gasteiger partial charge on any atom is -0.393 e. The SMILES string of the molecule is C[SiH](OC(O)[C@@H]1O[C@@H](S(=O)(=O)c2ccccc2)C[C@@](O)(O[SiH](C)C(C)(C)C)[C@H]1OCc1ccccc1)C(C)(C)C. The smallest absolute Gasteiger partial charge is 0.205 e. The monoisotopic (exact) mass is 610 g/mol. The summed E-state index contributed by atoms with van der Waals surface area (Å²) in [4.78, 5) is 0.0544. The maximum atomic E-state index is 13.8. The van der Waals surface area contributed by atoms with E-state index >= 15 is 0 Å². The third kappa shape index (κ3) is 8.11. The third-order valence-electron chi connectivity index (χ3n) is 7.65. The van der Waals surface area contributed by atoms with Crippen LogP contribution in [0.5, 0.6) is 0 Å². The van der Waals surface area contributed by atoms with Crippen molar-refractivity contribution < 1.29 is 37.0 Å². The lowest BCUT2D eigenvalue weighted by atomic mass is 9.97. The van der Waals surface area contributed by atoms with Gasteiger partial charge in [-0.1, -0.05) is 90.1 Å². The molecule has 40 heavy (non-hydrogen) atoms. The van der Waals surface area contributed by atoms with Crippen molar-refractivity contribution >= 4 is 27.9 Å². The number of benzene rings is 2. The maximum absolute atomic E-state index is 13.8. The van der Waals surface area contributed by atoms with E-state index in [1.165, 1.54) is 12.1 Å². The largest absolute Gasteiger partial charge is 0.393 e. The van der Waals surface area contributed by atoms with Crippen LogP contribution < -0.4 is 0 Å². The lowest BCUT2D eigenvalue weighted by Gasteiger charge is -2.49. The van der Waals surface area contributed by atoms with Gasteiger partial charge in [0, 0.05) is 6.42 Å². The molecule has 1 aliphatic rings. The highest BCUT2D eigenvalue weighted by Crippen LogP contribution is 2.42. The lowest BCUT2D eigenvalue weighted by molar-refractivity contribution is -0.322. The number of sulfone groups is 1. The number of rotatable bonds is 10. The van der Waals surface area contributed by atoms with Crippen LogP contribution in [0.25, 0.3) is 0 Å². The average Bonchev–Trinajstić information content (AvgIpc) is 2.87. The van der Waals surface area contributed by atoms with E-state index in [1.54, 1.807) is 18.2 Å². The predicted octanol–water partition coefficient (Wildman–Crippen LogP) is 4.51. The fraction of sp³-hybridized carbons (Fsp3) is 0.586. The summed E-state index contributed by atoms with van der Waals surface area (Å²) in [5.74, 6) is -2.06. The van der Waals surface area contributed by atoms with Crippen LogP contribution in [-0.2, 0) is 34.8 Å². The first-order valence-electron chi connectivity index (χ1n) is 13.8. The van der Waals surface area contributed by atoms with E-state index < -0.39 is 57.6 Å². The minimum absolute atomic E-state index is 0.0544. The first-order chi connectivity index (χ1) is 18.4. The molecule has 8 nitrogen and oxygen atoms in total. The molecule has 1 fully saturated rings. The summed E-state index contributed by atoms with van der Waals surface area (Å²) in [6.45, 7) is 16.2. The van der Waals surface area contributed by atoms with Gasteiger partial charge in [0.05, 0.1) is 11.5 Å². The van der Waals surface area contributed by atoms with Gasteiger partial charge >= 0.3 is 0 Å². The molecule has 224 valence electrons. The molecule has 3 rings (SSSR count). The van der Waals surface area contributed by atoms with Crippen molar-refractivity contribution in [1.82, 2.24) is 0 Å². The Morgan fingerprint density at radius 1 is 0.950 bits per heavy atom. The van der Waals surface area contributed by atoms with Crippen molar-refractivity contribution in [2.24, 2.45) is 0 Å². The predicted molar refractivity (Wildman–Crippen MR) is 161 cm³/mol. The summed E-state index contributed by atoms with van der Waals surface area (Å²) in [7, 11) is -8.20. The second-order valence-electron chi connectivity index (χ2n) is 12.8. The van der Waals surface area contributed by atoms with Crippen LogP contribution in [0, 0.1) is 0 Å². The molecule has 0 aromatic heterocycles. The molecule has 11 heteroatoms. The Bertz CT molecular complexity index is 1180. The zero-order valence-electron chi connectivity index (χ0n) is 24.9. The summed E-state index contributed by atoms with van der Waals surface area (Å²) in [5, 5.41) is 23.2. The van der Waals surface area contributed by atoms with Gasteiger partial charge in [-0.3, -0.25) is 0 Å². The topological polar surface area (TPSA) is 112 Å². The number of aliphatic hydroxyl groups is 2. The van der Waals surface area contributed by atoms with Gasteiger partial charge in [0.1, 0.15) is 12.2 Å². The van der Waals surface area contributed by atoms with Gasteiger partial charge < -0.3 is 28.5 Å². The zero-order valence-corrected chi connectivity index (χ0v) is 28.0. The standard InChI is InChI=1S/C29H46O8SSi2/c1-27(2,3)39(7)36-26(30)24-25(34-20-21-15-11-9-12-16-21)29(31,37-40(8)28(4,5)6)19-23(35-24)38(32,33)22-17-13-10-14-18-22/h9-18,23-26,30-31,39-40H,19-20H2,1-8H3/t23-,24+,25-,26?,29+,39?,40?/m0/s1. The van der Waals surface area contributed by atoms with Crippen molar-refractivity contribution in [2.75, 3.05) is 0 Å². The van der Waals surface area contributed by atoms with E-state index in [0.717, 1.165) is 5.56 Å². The molecule has 0 aliphatic carbocycles. The zero-order chi connectivity index (χ0) is 29.9. The summed E-state index contributed by atoms with van der Waals surface area (Å²) in [6, 6.07) is 17.4. The van der Waals surface area contributed by atoms with Crippen molar-refractivity contribution in [2.45, 2.75) is 112 Å². The molecular weight excluding hydrogens is 565 g/mol. The maximum Gasteiger partial charge on any atom is 0.205 e. The van der Waals surface area contributed by atoms with E-state index in [9.17, 15) is 18.6 Å². The highest BCUT2D eigenvalue weighted by Gasteiger charge is 2.57. The number of aliphatic hydroxyl groups excluding tert-OH is 1. The van der Waals surface area contributed by atoms with E-state index in [1.807, 2.05) is 85.0 Å². The highest BCUT2D eigenvalue weighted by atomic mass is 32.2. The Hall–Kier alpha value is -1.42. The quantitative estimate of drug-likeness (QED) is 0.299. The Morgan fingerprint density at radius 2 is 1.48 bits per heavy atom. The fourth-order valence-corrected chi connectivity index (χ4v) is 7.89. The molecule has 2 aromatic carbocycles. The van der Waals surface area contributed by atoms with Crippen molar-refractivity contribution in [3.05, 3.63) is 66.2 Å². The van der Waals surface area contributed by atoms with Crippen LogP contribution in [0.3, 0.4) is 0 Å². The first kappa shape index (κ1) is 33.1. The molecule has 0 amide bonds. The van der Waals surface area contributed by atoms with Gasteiger partial charge in [0.2, 0.25) is 9.84 Å². The van der Waals surface area contributed by atoms with Crippen molar-refractivity contribution in [3.63, 3.8) is 0 Å². The molecule has 2 aromatic rings. The lowest BCUT2D eigenvalue weighted by Crippen LogP contribution is -2.65. The molecule has 3 unspecified atom stereocenters. The highest BCUT2D eigenvalue weighted by molar-refractivity contribution is 7.92. The molecule has 0 radical (unpaired) electrons. The molecular formula is C29H46O8SSi2. The molecule has 1 saturated heterocycles. The molecule has 0 bridgehead atoms. The Balaban J connectivity index is 2.07. The van der Waals surface area contributed by atoms with Crippen LogP contribution in [0.1, 0.15) is 53.5 Å². The molecule has 7 atom stereocenters. The normalized spacial score (nSPS) is 26.7. The van der Waals surface area contributed by atoms with Gasteiger partial charge in [-0.25, -0.2) is 8.42 Å². The van der Waals surface area contributed by atoms with Gasteiger partial charge in [-0.15, -0.1) is 0 Å². The van der Waals surface area contributed by atoms with Gasteiger partial charge in [0.15, 0.2) is 35.6 Å². The van der Waals surface area contributed by atoms with Gasteiger partial charge in [-0.05, 0) is 40.9 Å². The molecule has 1 heterocycles. The number of hydrogen-bond donors (Lipinski definition) is 2. The third-order valence-corrected chi connectivity index (χ3v) is 15.9. The van der Waals surface area contributed by atoms with Crippen molar-refractivity contribution in [1.29, 1.82) is 0 Å². The van der Waals surface area contributed by atoms with E-state index in [-0.39, 0.29) is 28.0 Å². The average molecular weight is 611 g/mol. The summed E-state index contributed by atoms with van der Waals surface area (Å²) < 4.78 is 52.5. The van der Waals surface area contributed by atoms with Crippen LogP contribution in [0.2, 0.25) is 23.2 Å². The first-order valence-corrected chi connectivity index (χ1v) is 19.7. The Kier molecular flexibility index (Phi) is 10.6. The fourth-order valence-electron chi connectivity index (χ4n) is 4.14. The van der Waals surface area contributed by atoms with Gasteiger partial charge in [0.25, 0.3) is 0 Å². The molecule has 0 spiro atoms. The molecule has 1 aliphatic heterocycles. The minimum atomic E-state index is -4.08. The summed E-state index contributed by atoms with van der Waals surface area (Å²) >= 11 is 0. The van der Waals surface area contributed by atoms with E-state index in [2.05, 4.69) is 0 Å². The van der Waals surface area contributed by atoms with Gasteiger partial charge in [-0.2, -0.15) is 0 Å². The Morgan fingerprint density at radius 3 is 2.00 bits per heavy atom. The number of ether oxygens (including phenoxy) is 2. The van der Waals surface area contributed by atoms with Crippen LogP contribution in [-0.4, -0.2) is 66.4 Å². The Labute approximate surface area is 243 Å². The number of hydrogen-bond acceptors (Lipinski definition) is 8. The van der Waals surface area contributed by atoms with Crippen LogP contribution in [0.4, 0.5) is 0 Å². The summed E-state index contributed by atoms with van der Waals surface area (Å²) in [5.41, 5.74) is -0.649.